The van der Waals surface area contributed by atoms with E-state index < -0.39 is 25.0 Å². The summed E-state index contributed by atoms with van der Waals surface area (Å²) < 4.78 is 26.6. The number of pyridine rings is 1. The Kier molecular flexibility index (Phi) is 9.91. The third-order valence-corrected chi connectivity index (χ3v) is 6.65. The normalized spacial score (nSPS) is 13.7. The molecule has 202 valence electrons. The Balaban J connectivity index is 1.31. The van der Waals surface area contributed by atoms with Crippen molar-refractivity contribution in [1.29, 1.82) is 0 Å². The Morgan fingerprint density at radius 2 is 1.97 bits per heavy atom. The van der Waals surface area contributed by atoms with Crippen molar-refractivity contribution >= 4 is 17.6 Å². The summed E-state index contributed by atoms with van der Waals surface area (Å²) in [7, 11) is 0. The van der Waals surface area contributed by atoms with Gasteiger partial charge in [-0.1, -0.05) is 36.4 Å². The molecule has 3 aromatic rings. The van der Waals surface area contributed by atoms with E-state index in [9.17, 15) is 18.7 Å². The monoisotopic (exact) mass is 524 g/mol. The zero-order valence-electron chi connectivity index (χ0n) is 21.3. The maximum Gasteiger partial charge on any atom is 0.326 e. The van der Waals surface area contributed by atoms with Crippen LogP contribution in [0.25, 0.3) is 11.1 Å². The molecule has 2 aromatic heterocycles. The first-order valence-corrected chi connectivity index (χ1v) is 13.1. The van der Waals surface area contributed by atoms with Gasteiger partial charge in [-0.2, -0.15) is 0 Å². The second-order valence-electron chi connectivity index (χ2n) is 9.46. The van der Waals surface area contributed by atoms with Gasteiger partial charge >= 0.3 is 5.97 Å². The van der Waals surface area contributed by atoms with Gasteiger partial charge in [-0.05, 0) is 62.3 Å². The van der Waals surface area contributed by atoms with Crippen LogP contribution in [0.15, 0.2) is 55.0 Å². The molecule has 1 aliphatic heterocycles. The predicted octanol–water partition coefficient (Wildman–Crippen LogP) is 4.74. The van der Waals surface area contributed by atoms with Gasteiger partial charge in [0.25, 0.3) is 6.43 Å². The molecule has 0 saturated heterocycles. The molecular weight excluding hydrogens is 490 g/mol. The average Bonchev–Trinajstić information content (AvgIpc) is 2.93. The van der Waals surface area contributed by atoms with Gasteiger partial charge in [0, 0.05) is 30.5 Å². The number of unbranched alkanes of at least 4 members (excludes halogenated alkanes) is 1. The molecule has 0 radical (unpaired) electrons. The molecular formula is C28H34F2N6O2. The molecule has 1 atom stereocenters. The fourth-order valence-corrected chi connectivity index (χ4v) is 4.65. The molecule has 3 N–H and O–H groups in total. The number of carbonyl (C=O) groups is 1. The van der Waals surface area contributed by atoms with Gasteiger partial charge in [0.1, 0.15) is 24.0 Å². The fourth-order valence-electron chi connectivity index (χ4n) is 4.65. The summed E-state index contributed by atoms with van der Waals surface area (Å²) in [4.78, 5) is 26.7. The van der Waals surface area contributed by atoms with Gasteiger partial charge in [0.15, 0.2) is 0 Å². The van der Waals surface area contributed by atoms with Crippen molar-refractivity contribution in [2.24, 2.45) is 0 Å². The highest BCUT2D eigenvalue weighted by Crippen LogP contribution is 2.26. The number of hydrogen-bond acceptors (Lipinski definition) is 7. The van der Waals surface area contributed by atoms with Gasteiger partial charge in [-0.15, -0.1) is 0 Å². The minimum absolute atomic E-state index is 0.151. The molecule has 1 unspecified atom stereocenters. The van der Waals surface area contributed by atoms with Crippen LogP contribution in [-0.2, 0) is 17.6 Å². The van der Waals surface area contributed by atoms with E-state index in [2.05, 4.69) is 26.7 Å². The highest BCUT2D eigenvalue weighted by molar-refractivity contribution is 5.81. The molecule has 0 bridgehead atoms. The third kappa shape index (κ3) is 7.92. The summed E-state index contributed by atoms with van der Waals surface area (Å²) in [5.41, 5.74) is 3.76. The maximum atomic E-state index is 13.3. The third-order valence-electron chi connectivity index (χ3n) is 6.65. The number of hydrogen-bond donors (Lipinski definition) is 3. The second-order valence-corrected chi connectivity index (χ2v) is 9.46. The van der Waals surface area contributed by atoms with E-state index in [1.165, 1.54) is 11.9 Å². The smallest absolute Gasteiger partial charge is 0.326 e. The Labute approximate surface area is 221 Å². The predicted molar refractivity (Wildman–Crippen MR) is 144 cm³/mol. The number of fused-ring (bicyclic) bond motifs is 1. The van der Waals surface area contributed by atoms with Crippen LogP contribution in [0, 0.1) is 0 Å². The van der Waals surface area contributed by atoms with E-state index in [-0.39, 0.29) is 13.0 Å². The molecule has 0 aliphatic carbocycles. The second kappa shape index (κ2) is 13.8. The number of anilines is 2. The Hall–Kier alpha value is -3.66. The van der Waals surface area contributed by atoms with Crippen molar-refractivity contribution in [2.75, 3.05) is 36.8 Å². The molecule has 0 saturated carbocycles. The lowest BCUT2D eigenvalue weighted by molar-refractivity contribution is -0.138. The van der Waals surface area contributed by atoms with E-state index in [0.29, 0.717) is 24.3 Å². The van der Waals surface area contributed by atoms with Crippen LogP contribution < -0.4 is 10.6 Å². The Morgan fingerprint density at radius 1 is 1.13 bits per heavy atom. The fraction of sp³-hybridized carbons (Fsp3) is 0.429. The largest absolute Gasteiger partial charge is 0.480 e. The minimum Gasteiger partial charge on any atom is -0.480 e. The van der Waals surface area contributed by atoms with Crippen molar-refractivity contribution in [3.8, 4) is 11.1 Å². The van der Waals surface area contributed by atoms with Gasteiger partial charge in [-0.3, -0.25) is 4.90 Å². The first kappa shape index (κ1) is 27.4. The van der Waals surface area contributed by atoms with Crippen LogP contribution in [-0.4, -0.2) is 69.6 Å². The number of nitrogens with zero attached hydrogens (tertiary/aromatic N) is 4. The standard InChI is InChI=1S/C28H34F2N6O2/c29-25(30)18-36(15-5-4-10-22-12-11-21-9-6-14-32-26(21)34-22)16-13-24(28(37)38)35-27-23(17-31-19-33-27)20-7-2-1-3-8-20/h1-3,7-8,11-12,17,19,24-25H,4-6,9-10,13-16,18H2,(H,32,34)(H,37,38)(H,31,33,35). The molecule has 38 heavy (non-hydrogen) atoms. The summed E-state index contributed by atoms with van der Waals surface area (Å²) in [5, 5.41) is 16.2. The summed E-state index contributed by atoms with van der Waals surface area (Å²) in [6.07, 6.45) is 5.08. The van der Waals surface area contributed by atoms with Crippen LogP contribution in [0.1, 0.15) is 36.9 Å². The number of nitrogens with one attached hydrogen (secondary N) is 2. The number of aromatic nitrogens is 3. The number of carboxylic acids is 1. The molecule has 1 aromatic carbocycles. The van der Waals surface area contributed by atoms with Crippen LogP contribution in [0.3, 0.4) is 0 Å². The molecule has 4 rings (SSSR count). The van der Waals surface area contributed by atoms with E-state index in [1.807, 2.05) is 36.4 Å². The number of alkyl halides is 2. The molecule has 0 fully saturated rings. The summed E-state index contributed by atoms with van der Waals surface area (Å²) >= 11 is 0. The van der Waals surface area contributed by atoms with Crippen molar-refractivity contribution in [1.82, 2.24) is 19.9 Å². The number of aryl methyl sites for hydroxylation is 2. The Morgan fingerprint density at radius 3 is 2.76 bits per heavy atom. The lowest BCUT2D eigenvalue weighted by atomic mass is 10.1. The van der Waals surface area contributed by atoms with Crippen molar-refractivity contribution in [3.05, 3.63) is 66.2 Å². The zero-order chi connectivity index (χ0) is 26.7. The average molecular weight is 525 g/mol. The zero-order valence-corrected chi connectivity index (χ0v) is 21.3. The number of halogens is 2. The van der Waals surface area contributed by atoms with Crippen molar-refractivity contribution in [2.45, 2.75) is 51.0 Å². The van der Waals surface area contributed by atoms with Crippen LogP contribution >= 0.6 is 0 Å². The summed E-state index contributed by atoms with van der Waals surface area (Å²) in [5.74, 6) is 0.289. The van der Waals surface area contributed by atoms with Crippen molar-refractivity contribution in [3.63, 3.8) is 0 Å². The first-order valence-electron chi connectivity index (χ1n) is 13.1. The van der Waals surface area contributed by atoms with Crippen LogP contribution in [0.5, 0.6) is 0 Å². The SMILES string of the molecule is O=C(O)C(CCN(CCCCc1ccc2c(n1)NCCC2)CC(F)F)Nc1ncncc1-c1ccccc1. The summed E-state index contributed by atoms with van der Waals surface area (Å²) in [6, 6.07) is 12.6. The van der Waals surface area contributed by atoms with Gasteiger partial charge < -0.3 is 15.7 Å². The van der Waals surface area contributed by atoms with E-state index >= 15 is 0 Å². The summed E-state index contributed by atoms with van der Waals surface area (Å²) in [6.45, 7) is 1.23. The molecule has 3 heterocycles. The number of carboxylic acid groups (broad SMARTS) is 1. The van der Waals surface area contributed by atoms with Crippen molar-refractivity contribution < 1.29 is 18.7 Å². The van der Waals surface area contributed by atoms with Crippen LogP contribution in [0.2, 0.25) is 0 Å². The molecule has 10 heteroatoms. The molecule has 1 aliphatic rings. The lowest BCUT2D eigenvalue weighted by Gasteiger charge is -2.24. The Bertz CT molecular complexity index is 1180. The molecule has 8 nitrogen and oxygen atoms in total. The highest BCUT2D eigenvalue weighted by atomic mass is 19.3. The quantitative estimate of drug-likeness (QED) is 0.260. The van der Waals surface area contributed by atoms with Gasteiger partial charge in [0.2, 0.25) is 0 Å². The minimum atomic E-state index is -2.49. The molecule has 0 spiro atoms. The number of benzene rings is 1. The number of rotatable bonds is 14. The van der Waals surface area contributed by atoms with E-state index in [4.69, 9.17) is 4.98 Å². The van der Waals surface area contributed by atoms with E-state index in [1.54, 1.807) is 11.1 Å². The lowest BCUT2D eigenvalue weighted by Crippen LogP contribution is -2.37. The first-order chi connectivity index (χ1) is 18.5. The highest BCUT2D eigenvalue weighted by Gasteiger charge is 2.22. The topological polar surface area (TPSA) is 103 Å². The van der Waals surface area contributed by atoms with Gasteiger partial charge in [0.05, 0.1) is 6.54 Å². The number of aliphatic carboxylic acids is 1. The van der Waals surface area contributed by atoms with Gasteiger partial charge in [-0.25, -0.2) is 28.5 Å². The van der Waals surface area contributed by atoms with E-state index in [0.717, 1.165) is 49.3 Å². The van der Waals surface area contributed by atoms with Crippen LogP contribution in [0.4, 0.5) is 20.4 Å². The maximum absolute atomic E-state index is 13.3. The molecule has 0 amide bonds.